The molecule has 0 spiro atoms. The van der Waals surface area contributed by atoms with Gasteiger partial charge in [0.25, 0.3) is 5.91 Å². The number of nitrogens with zero attached hydrogens (tertiary/aromatic N) is 1. The van der Waals surface area contributed by atoms with Gasteiger partial charge in [0.1, 0.15) is 12.1 Å². The van der Waals surface area contributed by atoms with Crippen LogP contribution in [0.2, 0.25) is 0 Å². The SMILES string of the molecule is CC(C)C[C@@H]1NC(=O)N([C@H]2CC(=O)NC2=O)C1=O. The summed E-state index contributed by atoms with van der Waals surface area (Å²) in [5.41, 5.74) is 0. The molecule has 2 heterocycles. The molecule has 0 aromatic rings. The van der Waals surface area contributed by atoms with Crippen LogP contribution in [0.1, 0.15) is 26.7 Å². The second-order valence-corrected chi connectivity index (χ2v) is 4.97. The molecular formula is C11H15N3O4. The molecule has 5 amide bonds. The van der Waals surface area contributed by atoms with E-state index in [-0.39, 0.29) is 12.3 Å². The van der Waals surface area contributed by atoms with Crippen molar-refractivity contribution in [3.05, 3.63) is 0 Å². The normalized spacial score (nSPS) is 28.1. The number of amides is 5. The molecule has 0 saturated carbocycles. The molecular weight excluding hydrogens is 238 g/mol. The second-order valence-electron chi connectivity index (χ2n) is 4.97. The van der Waals surface area contributed by atoms with E-state index < -0.39 is 35.8 Å². The first-order valence-electron chi connectivity index (χ1n) is 5.87. The highest BCUT2D eigenvalue weighted by Crippen LogP contribution is 2.20. The molecule has 2 aliphatic heterocycles. The standard InChI is InChI=1S/C11H15N3O4/c1-5(2)3-6-10(17)14(11(18)12-6)7-4-8(15)13-9(7)16/h5-7H,3-4H2,1-2H3,(H,12,18)(H,13,15,16)/t6-,7-/m0/s1. The van der Waals surface area contributed by atoms with E-state index in [2.05, 4.69) is 10.6 Å². The van der Waals surface area contributed by atoms with Crippen LogP contribution in [0.3, 0.4) is 0 Å². The molecule has 0 unspecified atom stereocenters. The highest BCUT2D eigenvalue weighted by molar-refractivity contribution is 6.13. The van der Waals surface area contributed by atoms with Crippen LogP contribution in [0.5, 0.6) is 0 Å². The number of hydrogen-bond acceptors (Lipinski definition) is 4. The zero-order valence-electron chi connectivity index (χ0n) is 10.2. The lowest BCUT2D eigenvalue weighted by molar-refractivity contribution is -0.134. The highest BCUT2D eigenvalue weighted by atomic mass is 16.2. The van der Waals surface area contributed by atoms with Gasteiger partial charge in [0, 0.05) is 0 Å². The quantitative estimate of drug-likeness (QED) is 0.517. The molecule has 2 saturated heterocycles. The Morgan fingerprint density at radius 1 is 1.28 bits per heavy atom. The van der Waals surface area contributed by atoms with E-state index in [1.807, 2.05) is 13.8 Å². The fourth-order valence-electron chi connectivity index (χ4n) is 2.22. The van der Waals surface area contributed by atoms with E-state index >= 15 is 0 Å². The molecule has 0 bridgehead atoms. The van der Waals surface area contributed by atoms with Crippen LogP contribution < -0.4 is 10.6 Å². The summed E-state index contributed by atoms with van der Waals surface area (Å²) in [5.74, 6) is -1.23. The average Bonchev–Trinajstić information content (AvgIpc) is 2.68. The van der Waals surface area contributed by atoms with Gasteiger partial charge in [0.05, 0.1) is 6.42 Å². The van der Waals surface area contributed by atoms with Gasteiger partial charge in [-0.1, -0.05) is 13.8 Å². The summed E-state index contributed by atoms with van der Waals surface area (Å²) in [6.45, 7) is 3.88. The monoisotopic (exact) mass is 253 g/mol. The Hall–Kier alpha value is -1.92. The lowest BCUT2D eigenvalue weighted by Gasteiger charge is -2.17. The molecule has 2 N–H and O–H groups in total. The van der Waals surface area contributed by atoms with Crippen molar-refractivity contribution in [3.63, 3.8) is 0 Å². The van der Waals surface area contributed by atoms with Crippen molar-refractivity contribution in [2.45, 2.75) is 38.8 Å². The Labute approximate surface area is 104 Å². The van der Waals surface area contributed by atoms with Crippen molar-refractivity contribution in [1.82, 2.24) is 15.5 Å². The summed E-state index contributed by atoms with van der Waals surface area (Å²) in [6, 6.07) is -2.19. The van der Waals surface area contributed by atoms with E-state index in [0.717, 1.165) is 4.90 Å². The molecule has 7 heteroatoms. The maximum absolute atomic E-state index is 12.0. The molecule has 18 heavy (non-hydrogen) atoms. The number of urea groups is 1. The van der Waals surface area contributed by atoms with Crippen LogP contribution in [-0.2, 0) is 14.4 Å². The van der Waals surface area contributed by atoms with Crippen molar-refractivity contribution < 1.29 is 19.2 Å². The third-order valence-corrected chi connectivity index (χ3v) is 3.01. The van der Waals surface area contributed by atoms with Crippen molar-refractivity contribution in [2.24, 2.45) is 5.92 Å². The molecule has 0 radical (unpaired) electrons. The van der Waals surface area contributed by atoms with Crippen molar-refractivity contribution in [1.29, 1.82) is 0 Å². The van der Waals surface area contributed by atoms with Crippen LogP contribution in [0.25, 0.3) is 0 Å². The maximum atomic E-state index is 12.0. The minimum absolute atomic E-state index is 0.146. The van der Waals surface area contributed by atoms with Gasteiger partial charge in [-0.2, -0.15) is 0 Å². The van der Waals surface area contributed by atoms with E-state index in [9.17, 15) is 19.2 Å². The Bertz CT molecular complexity index is 432. The van der Waals surface area contributed by atoms with Crippen LogP contribution in [0.4, 0.5) is 4.79 Å². The Kier molecular flexibility index (Phi) is 3.06. The maximum Gasteiger partial charge on any atom is 0.325 e. The van der Waals surface area contributed by atoms with Crippen LogP contribution >= 0.6 is 0 Å². The molecule has 2 aliphatic rings. The fourth-order valence-corrected chi connectivity index (χ4v) is 2.22. The molecule has 98 valence electrons. The van der Waals surface area contributed by atoms with Crippen LogP contribution in [-0.4, -0.2) is 40.7 Å². The highest BCUT2D eigenvalue weighted by Gasteiger charge is 2.47. The first kappa shape index (κ1) is 12.5. The predicted molar refractivity (Wildman–Crippen MR) is 60.2 cm³/mol. The van der Waals surface area contributed by atoms with E-state index in [1.165, 1.54) is 0 Å². The summed E-state index contributed by atoms with van der Waals surface area (Å²) < 4.78 is 0. The molecule has 0 aromatic heterocycles. The lowest BCUT2D eigenvalue weighted by atomic mass is 10.0. The van der Waals surface area contributed by atoms with Gasteiger partial charge in [-0.3, -0.25) is 19.7 Å². The molecule has 0 aliphatic carbocycles. The van der Waals surface area contributed by atoms with Crippen LogP contribution in [0, 0.1) is 5.92 Å². The Morgan fingerprint density at radius 2 is 1.94 bits per heavy atom. The van der Waals surface area contributed by atoms with Crippen molar-refractivity contribution in [2.75, 3.05) is 0 Å². The summed E-state index contributed by atoms with van der Waals surface area (Å²) in [7, 11) is 0. The van der Waals surface area contributed by atoms with E-state index in [1.54, 1.807) is 0 Å². The van der Waals surface area contributed by atoms with Crippen molar-refractivity contribution >= 4 is 23.8 Å². The first-order chi connectivity index (χ1) is 8.40. The zero-order chi connectivity index (χ0) is 13.4. The number of carbonyl (C=O) groups is 4. The summed E-state index contributed by atoms with van der Waals surface area (Å²) in [4.78, 5) is 47.2. The Balaban J connectivity index is 2.14. The minimum atomic E-state index is -0.998. The fraction of sp³-hybridized carbons (Fsp3) is 0.636. The van der Waals surface area contributed by atoms with Crippen LogP contribution in [0.15, 0.2) is 0 Å². The predicted octanol–water partition coefficient (Wildman–Crippen LogP) is -0.632. The molecule has 2 rings (SSSR count). The van der Waals surface area contributed by atoms with Gasteiger partial charge in [-0.05, 0) is 12.3 Å². The second kappa shape index (κ2) is 4.40. The van der Waals surface area contributed by atoms with Crippen molar-refractivity contribution in [3.8, 4) is 0 Å². The van der Waals surface area contributed by atoms with E-state index in [0.29, 0.717) is 6.42 Å². The van der Waals surface area contributed by atoms with Gasteiger partial charge in [-0.15, -0.1) is 0 Å². The van der Waals surface area contributed by atoms with Gasteiger partial charge in [-0.25, -0.2) is 9.69 Å². The van der Waals surface area contributed by atoms with Gasteiger partial charge in [0.15, 0.2) is 0 Å². The summed E-state index contributed by atoms with van der Waals surface area (Å²) in [6.07, 6.45) is 0.371. The molecule has 0 aromatic carbocycles. The lowest BCUT2D eigenvalue weighted by Crippen LogP contribution is -2.45. The van der Waals surface area contributed by atoms with Gasteiger partial charge < -0.3 is 5.32 Å². The molecule has 2 atom stereocenters. The number of rotatable bonds is 3. The minimum Gasteiger partial charge on any atom is -0.326 e. The van der Waals surface area contributed by atoms with Gasteiger partial charge >= 0.3 is 6.03 Å². The topological polar surface area (TPSA) is 95.6 Å². The number of nitrogens with one attached hydrogen (secondary N) is 2. The molecule has 7 nitrogen and oxygen atoms in total. The van der Waals surface area contributed by atoms with Gasteiger partial charge in [0.2, 0.25) is 11.8 Å². The third kappa shape index (κ3) is 2.07. The van der Waals surface area contributed by atoms with E-state index in [4.69, 9.17) is 0 Å². The zero-order valence-corrected chi connectivity index (χ0v) is 10.2. The number of hydrogen-bond donors (Lipinski definition) is 2. The number of carbonyl (C=O) groups excluding carboxylic acids is 4. The summed E-state index contributed by atoms with van der Waals surface area (Å²) >= 11 is 0. The Morgan fingerprint density at radius 3 is 2.44 bits per heavy atom. The number of imide groups is 2. The third-order valence-electron chi connectivity index (χ3n) is 3.01. The average molecular weight is 253 g/mol. The largest absolute Gasteiger partial charge is 0.326 e. The first-order valence-corrected chi connectivity index (χ1v) is 5.87. The summed E-state index contributed by atoms with van der Waals surface area (Å²) in [5, 5.41) is 4.63. The smallest absolute Gasteiger partial charge is 0.325 e. The molecule has 2 fully saturated rings.